The van der Waals surface area contributed by atoms with Gasteiger partial charge >= 0.3 is 6.09 Å². The number of benzene rings is 2. The Morgan fingerprint density at radius 2 is 2.19 bits per heavy atom. The van der Waals surface area contributed by atoms with Crippen LogP contribution in [0.4, 0.5) is 10.5 Å². The predicted molar refractivity (Wildman–Crippen MR) is 105 cm³/mol. The van der Waals surface area contributed by atoms with Crippen LogP contribution in [0, 0.1) is 0 Å². The standard InChI is InChI=1S/C20H18BrNO5/c1-2-26-18-11-13(10-16(21)19(18)24)6-7-17(23)14-4-3-5-15(12-14)22-8-9-27-20(22)25/h3-7,10-12,24H,2,8-9H2,1H3/b7-6-. The quantitative estimate of drug-likeness (QED) is 0.541. The summed E-state index contributed by atoms with van der Waals surface area (Å²) in [5.74, 6) is 0.158. The van der Waals surface area contributed by atoms with Gasteiger partial charge in [-0.1, -0.05) is 18.2 Å². The van der Waals surface area contributed by atoms with Gasteiger partial charge in [0.2, 0.25) is 0 Å². The van der Waals surface area contributed by atoms with Gasteiger partial charge in [-0.25, -0.2) is 4.79 Å². The molecule has 0 bridgehead atoms. The van der Waals surface area contributed by atoms with Crippen LogP contribution in [0.2, 0.25) is 0 Å². The van der Waals surface area contributed by atoms with E-state index in [4.69, 9.17) is 9.47 Å². The number of allylic oxidation sites excluding steroid dienone is 1. The van der Waals surface area contributed by atoms with E-state index in [1.165, 1.54) is 11.0 Å². The fourth-order valence-electron chi connectivity index (χ4n) is 2.68. The average Bonchev–Trinajstić information content (AvgIpc) is 3.10. The molecule has 1 N–H and O–H groups in total. The molecular weight excluding hydrogens is 414 g/mol. The molecule has 27 heavy (non-hydrogen) atoms. The molecule has 6 nitrogen and oxygen atoms in total. The minimum Gasteiger partial charge on any atom is -0.503 e. The van der Waals surface area contributed by atoms with E-state index in [1.54, 1.807) is 42.5 Å². The number of anilines is 1. The van der Waals surface area contributed by atoms with Gasteiger partial charge in [-0.3, -0.25) is 9.69 Å². The third-order valence-electron chi connectivity index (χ3n) is 3.98. The molecular formula is C20H18BrNO5. The number of ether oxygens (including phenoxy) is 2. The Bertz CT molecular complexity index is 909. The molecule has 1 fully saturated rings. The van der Waals surface area contributed by atoms with Crippen molar-refractivity contribution >= 4 is 39.6 Å². The van der Waals surface area contributed by atoms with Crippen LogP contribution in [0.5, 0.6) is 11.5 Å². The highest BCUT2D eigenvalue weighted by atomic mass is 79.9. The van der Waals surface area contributed by atoms with Gasteiger partial charge in [-0.2, -0.15) is 0 Å². The summed E-state index contributed by atoms with van der Waals surface area (Å²) >= 11 is 3.27. The van der Waals surface area contributed by atoms with E-state index in [0.717, 1.165) is 0 Å². The summed E-state index contributed by atoms with van der Waals surface area (Å²) in [6, 6.07) is 10.2. The number of rotatable bonds is 6. The monoisotopic (exact) mass is 431 g/mol. The van der Waals surface area contributed by atoms with Crippen molar-refractivity contribution in [3.63, 3.8) is 0 Å². The zero-order valence-electron chi connectivity index (χ0n) is 14.6. The van der Waals surface area contributed by atoms with Gasteiger partial charge in [0.15, 0.2) is 17.3 Å². The Labute approximate surface area is 165 Å². The molecule has 0 aromatic heterocycles. The van der Waals surface area contributed by atoms with Crippen LogP contribution in [-0.2, 0) is 4.74 Å². The van der Waals surface area contributed by atoms with Gasteiger partial charge in [0, 0.05) is 11.3 Å². The Hall–Kier alpha value is -2.80. The molecule has 7 heteroatoms. The maximum atomic E-state index is 12.5. The highest BCUT2D eigenvalue weighted by Crippen LogP contribution is 2.35. The SMILES string of the molecule is CCOc1cc(/C=C\C(=O)c2cccc(N3CCOC3=O)c2)cc(Br)c1O. The number of ketones is 1. The summed E-state index contributed by atoms with van der Waals surface area (Å²) in [4.78, 5) is 25.7. The fraction of sp³-hybridized carbons (Fsp3) is 0.200. The third-order valence-corrected chi connectivity index (χ3v) is 4.59. The first-order chi connectivity index (χ1) is 13.0. The van der Waals surface area contributed by atoms with Crippen molar-refractivity contribution in [2.24, 2.45) is 0 Å². The first kappa shape index (κ1) is 19.0. The second-order valence-corrected chi connectivity index (χ2v) is 6.65. The van der Waals surface area contributed by atoms with E-state index in [0.29, 0.717) is 46.8 Å². The molecule has 3 rings (SSSR count). The summed E-state index contributed by atoms with van der Waals surface area (Å²) in [5, 5.41) is 9.96. The Morgan fingerprint density at radius 3 is 2.89 bits per heavy atom. The molecule has 1 amide bonds. The largest absolute Gasteiger partial charge is 0.503 e. The van der Waals surface area contributed by atoms with Crippen molar-refractivity contribution in [2.75, 3.05) is 24.7 Å². The van der Waals surface area contributed by atoms with Crippen LogP contribution in [0.1, 0.15) is 22.8 Å². The second kappa shape index (κ2) is 8.26. The van der Waals surface area contributed by atoms with E-state index < -0.39 is 6.09 Å². The molecule has 1 aliphatic rings. The summed E-state index contributed by atoms with van der Waals surface area (Å²) in [7, 11) is 0. The van der Waals surface area contributed by atoms with Crippen LogP contribution in [-0.4, -0.2) is 36.7 Å². The normalized spacial score (nSPS) is 13.9. The highest BCUT2D eigenvalue weighted by Gasteiger charge is 2.23. The number of phenolic OH excluding ortho intramolecular Hbond substituents is 1. The number of amides is 1. The first-order valence-electron chi connectivity index (χ1n) is 8.41. The fourth-order valence-corrected chi connectivity index (χ4v) is 3.14. The van der Waals surface area contributed by atoms with Crippen molar-refractivity contribution in [3.8, 4) is 11.5 Å². The molecule has 1 saturated heterocycles. The van der Waals surface area contributed by atoms with Gasteiger partial charge in [0.1, 0.15) is 6.61 Å². The minimum absolute atomic E-state index is 0.0190. The van der Waals surface area contributed by atoms with E-state index in [-0.39, 0.29) is 11.5 Å². The van der Waals surface area contributed by atoms with E-state index in [2.05, 4.69) is 15.9 Å². The topological polar surface area (TPSA) is 76.1 Å². The Kier molecular flexibility index (Phi) is 5.81. The van der Waals surface area contributed by atoms with Crippen LogP contribution in [0.15, 0.2) is 46.9 Å². The van der Waals surface area contributed by atoms with Crippen LogP contribution in [0.25, 0.3) is 6.08 Å². The lowest BCUT2D eigenvalue weighted by Crippen LogP contribution is -2.23. The molecule has 0 atom stereocenters. The van der Waals surface area contributed by atoms with Crippen LogP contribution >= 0.6 is 15.9 Å². The highest BCUT2D eigenvalue weighted by molar-refractivity contribution is 9.10. The number of halogens is 1. The molecule has 2 aromatic carbocycles. The van der Waals surface area contributed by atoms with Crippen molar-refractivity contribution in [1.82, 2.24) is 0 Å². The van der Waals surface area contributed by atoms with Gasteiger partial charge in [0.25, 0.3) is 0 Å². The second-order valence-electron chi connectivity index (χ2n) is 5.80. The number of aromatic hydroxyl groups is 1. The zero-order chi connectivity index (χ0) is 19.4. The van der Waals surface area contributed by atoms with Crippen molar-refractivity contribution in [3.05, 3.63) is 58.1 Å². The lowest BCUT2D eigenvalue weighted by Gasteiger charge is -2.13. The van der Waals surface area contributed by atoms with E-state index in [9.17, 15) is 14.7 Å². The number of carbonyl (C=O) groups excluding carboxylic acids is 2. The van der Waals surface area contributed by atoms with Crippen molar-refractivity contribution in [1.29, 1.82) is 0 Å². The van der Waals surface area contributed by atoms with Gasteiger partial charge in [0.05, 0.1) is 17.6 Å². The predicted octanol–water partition coefficient (Wildman–Crippen LogP) is 4.41. The third kappa shape index (κ3) is 4.31. The zero-order valence-corrected chi connectivity index (χ0v) is 16.2. The lowest BCUT2D eigenvalue weighted by molar-refractivity contribution is 0.104. The van der Waals surface area contributed by atoms with Crippen molar-refractivity contribution in [2.45, 2.75) is 6.92 Å². The molecule has 0 unspecified atom stereocenters. The van der Waals surface area contributed by atoms with E-state index in [1.807, 2.05) is 6.92 Å². The van der Waals surface area contributed by atoms with Gasteiger partial charge < -0.3 is 14.6 Å². The summed E-state index contributed by atoms with van der Waals surface area (Å²) in [6.45, 7) is 3.04. The lowest BCUT2D eigenvalue weighted by atomic mass is 10.1. The van der Waals surface area contributed by atoms with Crippen molar-refractivity contribution < 1.29 is 24.2 Å². The minimum atomic E-state index is -0.410. The number of nitrogens with zero attached hydrogens (tertiary/aromatic N) is 1. The Balaban J connectivity index is 1.80. The number of carbonyl (C=O) groups is 2. The van der Waals surface area contributed by atoms with E-state index >= 15 is 0 Å². The Morgan fingerprint density at radius 1 is 1.37 bits per heavy atom. The van der Waals surface area contributed by atoms with Gasteiger partial charge in [-0.15, -0.1) is 0 Å². The number of cyclic esters (lactones) is 1. The van der Waals surface area contributed by atoms with Gasteiger partial charge in [-0.05, 0) is 58.8 Å². The first-order valence-corrected chi connectivity index (χ1v) is 9.21. The number of hydrogen-bond acceptors (Lipinski definition) is 5. The smallest absolute Gasteiger partial charge is 0.414 e. The summed E-state index contributed by atoms with van der Waals surface area (Å²) < 4.78 is 10.8. The molecule has 0 saturated carbocycles. The molecule has 140 valence electrons. The van der Waals surface area contributed by atoms with Crippen LogP contribution in [0.3, 0.4) is 0 Å². The molecule has 0 spiro atoms. The average molecular weight is 432 g/mol. The van der Waals surface area contributed by atoms with Crippen LogP contribution < -0.4 is 9.64 Å². The molecule has 1 heterocycles. The molecule has 0 radical (unpaired) electrons. The molecule has 1 aliphatic heterocycles. The maximum absolute atomic E-state index is 12.5. The number of hydrogen-bond donors (Lipinski definition) is 1. The molecule has 0 aliphatic carbocycles. The number of phenols is 1. The maximum Gasteiger partial charge on any atom is 0.414 e. The summed E-state index contributed by atoms with van der Waals surface area (Å²) in [5.41, 5.74) is 1.80. The summed E-state index contributed by atoms with van der Waals surface area (Å²) in [6.07, 6.45) is 2.68. The molecule has 2 aromatic rings.